The van der Waals surface area contributed by atoms with Crippen molar-refractivity contribution >= 4 is 11.5 Å². The second-order valence-electron chi connectivity index (χ2n) is 1.83. The van der Waals surface area contributed by atoms with Crippen LogP contribution in [0.4, 0.5) is 13.2 Å². The highest BCUT2D eigenvalue weighted by atomic mass is 32.1. The van der Waals surface area contributed by atoms with E-state index < -0.39 is 11.1 Å². The molecule has 0 fully saturated rings. The predicted octanol–water partition coefficient (Wildman–Crippen LogP) is 2.47. The van der Waals surface area contributed by atoms with Crippen LogP contribution < -0.4 is 0 Å². The molecule has 0 aromatic carbocycles. The Balaban J connectivity index is 2.96. The Morgan fingerprint density at radius 1 is 1.50 bits per heavy atom. The Morgan fingerprint density at radius 3 is 2.30 bits per heavy atom. The summed E-state index contributed by atoms with van der Waals surface area (Å²) in [6.07, 6.45) is -4.23. The Morgan fingerprint density at radius 2 is 2.10 bits per heavy atom. The molecule has 5 heteroatoms. The van der Waals surface area contributed by atoms with Gasteiger partial charge in [0, 0.05) is 0 Å². The molecule has 0 amide bonds. The van der Waals surface area contributed by atoms with Gasteiger partial charge in [-0.3, -0.25) is 0 Å². The standard InChI is InChI=1S/C5H4F3NS/c1-3-2-4(10-9-3)5(6,7)8/h2H,1H3. The molecule has 0 bridgehead atoms. The van der Waals surface area contributed by atoms with Gasteiger partial charge in [0.15, 0.2) is 0 Å². The molecule has 0 saturated heterocycles. The minimum atomic E-state index is -4.23. The Kier molecular flexibility index (Phi) is 1.68. The Bertz CT molecular complexity index is 227. The van der Waals surface area contributed by atoms with E-state index in [9.17, 15) is 13.2 Å². The number of hydrogen-bond acceptors (Lipinski definition) is 2. The van der Waals surface area contributed by atoms with E-state index in [1.54, 1.807) is 0 Å². The number of rotatable bonds is 0. The summed E-state index contributed by atoms with van der Waals surface area (Å²) in [7, 11) is 0. The zero-order chi connectivity index (χ0) is 7.78. The summed E-state index contributed by atoms with van der Waals surface area (Å²) >= 11 is 0.481. The molecule has 10 heavy (non-hydrogen) atoms. The van der Waals surface area contributed by atoms with Gasteiger partial charge in [-0.2, -0.15) is 17.5 Å². The summed E-state index contributed by atoms with van der Waals surface area (Å²) in [6.45, 7) is 1.53. The van der Waals surface area contributed by atoms with Crippen molar-refractivity contribution in [3.05, 3.63) is 16.6 Å². The Hall–Kier alpha value is -0.580. The monoisotopic (exact) mass is 167 g/mol. The summed E-state index contributed by atoms with van der Waals surface area (Å²) in [4.78, 5) is -0.634. The van der Waals surface area contributed by atoms with Gasteiger partial charge in [-0.05, 0) is 24.5 Å². The van der Waals surface area contributed by atoms with E-state index in [0.29, 0.717) is 17.2 Å². The van der Waals surface area contributed by atoms with Gasteiger partial charge in [0.2, 0.25) is 0 Å². The first-order valence-electron chi connectivity index (χ1n) is 2.50. The molecule has 0 aliphatic rings. The van der Waals surface area contributed by atoms with Crippen molar-refractivity contribution in [3.8, 4) is 0 Å². The lowest BCUT2D eigenvalue weighted by molar-refractivity contribution is -0.134. The third kappa shape index (κ3) is 1.47. The molecule has 0 aliphatic heterocycles. The number of aromatic nitrogens is 1. The number of aryl methyl sites for hydroxylation is 1. The lowest BCUT2D eigenvalue weighted by atomic mass is 10.4. The van der Waals surface area contributed by atoms with E-state index in [1.165, 1.54) is 6.92 Å². The minimum Gasteiger partial charge on any atom is -0.197 e. The third-order valence-electron chi connectivity index (χ3n) is 0.907. The van der Waals surface area contributed by atoms with E-state index in [2.05, 4.69) is 4.37 Å². The van der Waals surface area contributed by atoms with Crippen LogP contribution in [0.3, 0.4) is 0 Å². The SMILES string of the molecule is Cc1cc(C(F)(F)F)sn1. The Labute approximate surface area is 59.7 Å². The molecule has 1 aromatic rings. The fourth-order valence-electron chi connectivity index (χ4n) is 0.497. The van der Waals surface area contributed by atoms with E-state index in [1.807, 2.05) is 0 Å². The van der Waals surface area contributed by atoms with Gasteiger partial charge in [-0.15, -0.1) is 0 Å². The highest BCUT2D eigenvalue weighted by Gasteiger charge is 2.32. The third-order valence-corrected chi connectivity index (χ3v) is 1.83. The van der Waals surface area contributed by atoms with Gasteiger partial charge in [0.25, 0.3) is 0 Å². The highest BCUT2D eigenvalue weighted by Crippen LogP contribution is 2.32. The molecule has 0 spiro atoms. The van der Waals surface area contributed by atoms with Crippen LogP contribution in [0.25, 0.3) is 0 Å². The molecular formula is C5H4F3NS. The molecule has 56 valence electrons. The van der Waals surface area contributed by atoms with E-state index in [4.69, 9.17) is 0 Å². The van der Waals surface area contributed by atoms with Crippen LogP contribution in [0, 0.1) is 6.92 Å². The van der Waals surface area contributed by atoms with Crippen LogP contribution in [0.1, 0.15) is 10.6 Å². The van der Waals surface area contributed by atoms with Gasteiger partial charge in [0.1, 0.15) is 4.88 Å². The second kappa shape index (κ2) is 2.23. The average molecular weight is 167 g/mol. The lowest BCUT2D eigenvalue weighted by Gasteiger charge is -1.98. The molecule has 0 aliphatic carbocycles. The zero-order valence-electron chi connectivity index (χ0n) is 5.07. The molecular weight excluding hydrogens is 163 g/mol. The van der Waals surface area contributed by atoms with E-state index in [-0.39, 0.29) is 0 Å². The van der Waals surface area contributed by atoms with Gasteiger partial charge in [-0.1, -0.05) is 0 Å². The van der Waals surface area contributed by atoms with Crippen molar-refractivity contribution in [1.82, 2.24) is 4.37 Å². The van der Waals surface area contributed by atoms with Gasteiger partial charge >= 0.3 is 6.18 Å². The van der Waals surface area contributed by atoms with Crippen molar-refractivity contribution in [2.45, 2.75) is 13.1 Å². The van der Waals surface area contributed by atoms with Crippen LogP contribution >= 0.6 is 11.5 Å². The molecule has 1 nitrogen and oxygen atoms in total. The van der Waals surface area contributed by atoms with Gasteiger partial charge < -0.3 is 0 Å². The predicted molar refractivity (Wildman–Crippen MR) is 31.9 cm³/mol. The molecule has 0 unspecified atom stereocenters. The van der Waals surface area contributed by atoms with Crippen LogP contribution in [-0.4, -0.2) is 4.37 Å². The van der Waals surface area contributed by atoms with Crippen LogP contribution in [0.5, 0.6) is 0 Å². The fourth-order valence-corrected chi connectivity index (χ4v) is 1.12. The maximum atomic E-state index is 11.8. The molecule has 0 radical (unpaired) electrons. The second-order valence-corrected chi connectivity index (χ2v) is 2.64. The normalized spacial score (nSPS) is 12.0. The first-order valence-corrected chi connectivity index (χ1v) is 3.28. The smallest absolute Gasteiger partial charge is 0.197 e. The summed E-state index contributed by atoms with van der Waals surface area (Å²) in [5.74, 6) is 0. The quantitative estimate of drug-likeness (QED) is 0.578. The first-order chi connectivity index (χ1) is 4.50. The zero-order valence-corrected chi connectivity index (χ0v) is 5.88. The molecule has 1 aromatic heterocycles. The van der Waals surface area contributed by atoms with Gasteiger partial charge in [0.05, 0.1) is 5.69 Å². The largest absolute Gasteiger partial charge is 0.427 e. The summed E-state index contributed by atoms with van der Waals surface area (Å²) in [5, 5.41) is 0. The summed E-state index contributed by atoms with van der Waals surface area (Å²) < 4.78 is 38.8. The lowest BCUT2D eigenvalue weighted by Crippen LogP contribution is -2.00. The number of halogens is 3. The summed E-state index contributed by atoms with van der Waals surface area (Å²) in [6, 6.07) is 1.03. The number of alkyl halides is 3. The van der Waals surface area contributed by atoms with Crippen molar-refractivity contribution in [2.24, 2.45) is 0 Å². The maximum Gasteiger partial charge on any atom is 0.427 e. The van der Waals surface area contributed by atoms with Crippen molar-refractivity contribution in [1.29, 1.82) is 0 Å². The topological polar surface area (TPSA) is 12.9 Å². The van der Waals surface area contributed by atoms with Crippen molar-refractivity contribution in [3.63, 3.8) is 0 Å². The van der Waals surface area contributed by atoms with E-state index >= 15 is 0 Å². The van der Waals surface area contributed by atoms with Crippen LogP contribution in [0.15, 0.2) is 6.07 Å². The first kappa shape index (κ1) is 7.53. The fraction of sp³-hybridized carbons (Fsp3) is 0.400. The summed E-state index contributed by atoms with van der Waals surface area (Å²) in [5.41, 5.74) is 0.414. The number of hydrogen-bond donors (Lipinski definition) is 0. The highest BCUT2D eigenvalue weighted by molar-refractivity contribution is 7.05. The van der Waals surface area contributed by atoms with E-state index in [0.717, 1.165) is 6.07 Å². The molecule has 0 atom stereocenters. The van der Waals surface area contributed by atoms with Gasteiger partial charge in [-0.25, -0.2) is 0 Å². The molecule has 1 rings (SSSR count). The minimum absolute atomic E-state index is 0.414. The van der Waals surface area contributed by atoms with Crippen molar-refractivity contribution in [2.75, 3.05) is 0 Å². The number of nitrogens with zero attached hydrogens (tertiary/aromatic N) is 1. The van der Waals surface area contributed by atoms with Crippen LogP contribution in [-0.2, 0) is 6.18 Å². The van der Waals surface area contributed by atoms with Crippen LogP contribution in [0.2, 0.25) is 0 Å². The molecule has 1 heterocycles. The average Bonchev–Trinajstić information content (AvgIpc) is 2.11. The van der Waals surface area contributed by atoms with Crippen molar-refractivity contribution < 1.29 is 13.2 Å². The molecule has 0 saturated carbocycles. The molecule has 0 N–H and O–H groups in total. The maximum absolute atomic E-state index is 11.8.